The van der Waals surface area contributed by atoms with Gasteiger partial charge in [0.1, 0.15) is 0 Å². The van der Waals surface area contributed by atoms with Gasteiger partial charge in [-0.2, -0.15) is 0 Å². The van der Waals surface area contributed by atoms with Gasteiger partial charge in [0.05, 0.1) is 12.2 Å². The van der Waals surface area contributed by atoms with Crippen molar-refractivity contribution in [2.45, 2.75) is 77.4 Å². The van der Waals surface area contributed by atoms with Gasteiger partial charge in [0.15, 0.2) is 0 Å². The van der Waals surface area contributed by atoms with E-state index in [9.17, 15) is 4.79 Å². The molecule has 0 saturated carbocycles. The van der Waals surface area contributed by atoms with Crippen LogP contribution in [0.3, 0.4) is 0 Å². The maximum Gasteiger partial charge on any atom is 0.306 e. The number of hydrogen-bond donors (Lipinski definition) is 0. The van der Waals surface area contributed by atoms with E-state index in [-0.39, 0.29) is 12.1 Å². The second-order valence-corrected chi connectivity index (χ2v) is 4.97. The molecular formula is C14H26O3. The van der Waals surface area contributed by atoms with Crippen molar-refractivity contribution in [2.75, 3.05) is 6.61 Å². The summed E-state index contributed by atoms with van der Waals surface area (Å²) in [5.41, 5.74) is 0. The summed E-state index contributed by atoms with van der Waals surface area (Å²) in [6.45, 7) is 5.01. The smallest absolute Gasteiger partial charge is 0.306 e. The monoisotopic (exact) mass is 242 g/mol. The molecule has 3 nitrogen and oxygen atoms in total. The number of hydrogen-bond acceptors (Lipinski definition) is 3. The van der Waals surface area contributed by atoms with Crippen LogP contribution in [0.25, 0.3) is 0 Å². The third kappa shape index (κ3) is 6.67. The third-order valence-corrected chi connectivity index (χ3v) is 3.24. The first-order valence-corrected chi connectivity index (χ1v) is 7.03. The van der Waals surface area contributed by atoms with Gasteiger partial charge in [-0.05, 0) is 39.0 Å². The zero-order valence-electron chi connectivity index (χ0n) is 11.2. The summed E-state index contributed by atoms with van der Waals surface area (Å²) in [5, 5.41) is 0. The van der Waals surface area contributed by atoms with Gasteiger partial charge in [-0.1, -0.05) is 19.8 Å². The Balaban J connectivity index is 2.02. The van der Waals surface area contributed by atoms with Crippen molar-refractivity contribution < 1.29 is 14.3 Å². The van der Waals surface area contributed by atoms with Crippen molar-refractivity contribution in [1.82, 2.24) is 0 Å². The zero-order valence-corrected chi connectivity index (χ0v) is 11.2. The molecule has 0 bridgehead atoms. The molecule has 0 radical (unpaired) electrons. The third-order valence-electron chi connectivity index (χ3n) is 3.24. The van der Waals surface area contributed by atoms with Crippen LogP contribution in [0.15, 0.2) is 0 Å². The highest BCUT2D eigenvalue weighted by Gasteiger charge is 2.17. The average molecular weight is 242 g/mol. The van der Waals surface area contributed by atoms with Crippen LogP contribution in [0.1, 0.15) is 65.2 Å². The average Bonchev–Trinajstić information content (AvgIpc) is 2.79. The Kier molecular flexibility index (Phi) is 7.25. The Hall–Kier alpha value is -0.570. The van der Waals surface area contributed by atoms with Crippen LogP contribution in [-0.4, -0.2) is 24.8 Å². The molecule has 1 rings (SSSR count). The minimum atomic E-state index is -0.0432. The van der Waals surface area contributed by atoms with Gasteiger partial charge in [-0.15, -0.1) is 0 Å². The lowest BCUT2D eigenvalue weighted by Gasteiger charge is -2.15. The lowest BCUT2D eigenvalue weighted by molar-refractivity contribution is -0.148. The standard InChI is InChI=1S/C14H26O3/c1-3-4-5-8-14(15)17-12(2)9-10-13-7-6-11-16-13/h12-13H,3-11H2,1-2H3/t12-,13-/m1/s1. The number of ether oxygens (including phenoxy) is 2. The normalized spacial score (nSPS) is 21.4. The summed E-state index contributed by atoms with van der Waals surface area (Å²) in [4.78, 5) is 11.5. The van der Waals surface area contributed by atoms with E-state index in [4.69, 9.17) is 9.47 Å². The zero-order chi connectivity index (χ0) is 12.5. The molecule has 0 aromatic heterocycles. The molecule has 1 aliphatic rings. The topological polar surface area (TPSA) is 35.5 Å². The minimum absolute atomic E-state index is 0.0355. The summed E-state index contributed by atoms with van der Waals surface area (Å²) >= 11 is 0. The second kappa shape index (κ2) is 8.51. The largest absolute Gasteiger partial charge is 0.463 e. The van der Waals surface area contributed by atoms with E-state index < -0.39 is 0 Å². The molecule has 1 saturated heterocycles. The first kappa shape index (κ1) is 14.5. The summed E-state index contributed by atoms with van der Waals surface area (Å²) < 4.78 is 10.9. The fourth-order valence-electron chi connectivity index (χ4n) is 2.15. The van der Waals surface area contributed by atoms with Crippen LogP contribution in [-0.2, 0) is 14.3 Å². The second-order valence-electron chi connectivity index (χ2n) is 4.97. The maximum atomic E-state index is 11.5. The van der Waals surface area contributed by atoms with Crippen molar-refractivity contribution in [3.8, 4) is 0 Å². The van der Waals surface area contributed by atoms with Crippen LogP contribution in [0.4, 0.5) is 0 Å². The first-order chi connectivity index (χ1) is 8.22. The molecule has 100 valence electrons. The van der Waals surface area contributed by atoms with E-state index in [2.05, 4.69) is 6.92 Å². The van der Waals surface area contributed by atoms with E-state index >= 15 is 0 Å². The fraction of sp³-hybridized carbons (Fsp3) is 0.929. The van der Waals surface area contributed by atoms with E-state index in [0.29, 0.717) is 12.5 Å². The number of unbranched alkanes of at least 4 members (excludes halogenated alkanes) is 2. The molecule has 0 aromatic rings. The Bertz CT molecular complexity index is 210. The van der Waals surface area contributed by atoms with Gasteiger partial charge < -0.3 is 9.47 Å². The molecule has 0 aliphatic carbocycles. The number of carbonyl (C=O) groups is 1. The molecule has 0 aromatic carbocycles. The molecule has 3 heteroatoms. The van der Waals surface area contributed by atoms with Crippen LogP contribution in [0, 0.1) is 0 Å². The summed E-state index contributed by atoms with van der Waals surface area (Å²) in [6.07, 6.45) is 8.48. The first-order valence-electron chi connectivity index (χ1n) is 7.03. The summed E-state index contributed by atoms with van der Waals surface area (Å²) in [7, 11) is 0. The predicted octanol–water partition coefficient (Wildman–Crippen LogP) is 3.46. The highest BCUT2D eigenvalue weighted by molar-refractivity contribution is 5.69. The molecule has 0 N–H and O–H groups in total. The van der Waals surface area contributed by atoms with E-state index in [1.807, 2.05) is 6.92 Å². The fourth-order valence-corrected chi connectivity index (χ4v) is 2.15. The Morgan fingerprint density at radius 3 is 2.94 bits per heavy atom. The van der Waals surface area contributed by atoms with Crippen LogP contribution in [0.5, 0.6) is 0 Å². The lowest BCUT2D eigenvalue weighted by atomic mass is 10.1. The number of rotatable bonds is 8. The van der Waals surface area contributed by atoms with Gasteiger partial charge >= 0.3 is 5.97 Å². The predicted molar refractivity (Wildman–Crippen MR) is 67.9 cm³/mol. The minimum Gasteiger partial charge on any atom is -0.463 e. The number of carbonyl (C=O) groups excluding carboxylic acids is 1. The molecule has 17 heavy (non-hydrogen) atoms. The molecule has 1 heterocycles. The maximum absolute atomic E-state index is 11.5. The van der Waals surface area contributed by atoms with Crippen LogP contribution >= 0.6 is 0 Å². The molecule has 2 atom stereocenters. The summed E-state index contributed by atoms with van der Waals surface area (Å²) in [5.74, 6) is -0.0432. The molecule has 0 unspecified atom stereocenters. The van der Waals surface area contributed by atoms with Gasteiger partial charge in [0.25, 0.3) is 0 Å². The van der Waals surface area contributed by atoms with Gasteiger partial charge in [0, 0.05) is 13.0 Å². The van der Waals surface area contributed by atoms with Crippen LogP contribution in [0.2, 0.25) is 0 Å². The SMILES string of the molecule is CCCCCC(=O)O[C@H](C)CC[C@H]1CCCO1. The van der Waals surface area contributed by atoms with Crippen molar-refractivity contribution in [3.63, 3.8) is 0 Å². The molecular weight excluding hydrogens is 216 g/mol. The van der Waals surface area contributed by atoms with E-state index in [1.54, 1.807) is 0 Å². The molecule has 0 spiro atoms. The highest BCUT2D eigenvalue weighted by atomic mass is 16.5. The highest BCUT2D eigenvalue weighted by Crippen LogP contribution is 2.18. The Labute approximate surface area is 105 Å². The van der Waals surface area contributed by atoms with Gasteiger partial charge in [0.2, 0.25) is 0 Å². The Morgan fingerprint density at radius 1 is 1.47 bits per heavy atom. The van der Waals surface area contributed by atoms with E-state index in [1.165, 1.54) is 6.42 Å². The van der Waals surface area contributed by atoms with E-state index in [0.717, 1.165) is 45.1 Å². The van der Waals surface area contributed by atoms with Gasteiger partial charge in [-0.25, -0.2) is 0 Å². The molecule has 1 fully saturated rings. The summed E-state index contributed by atoms with van der Waals surface area (Å²) in [6, 6.07) is 0. The number of esters is 1. The van der Waals surface area contributed by atoms with Crippen molar-refractivity contribution in [2.24, 2.45) is 0 Å². The quantitative estimate of drug-likeness (QED) is 0.483. The Morgan fingerprint density at radius 2 is 2.29 bits per heavy atom. The van der Waals surface area contributed by atoms with Crippen molar-refractivity contribution in [3.05, 3.63) is 0 Å². The molecule has 0 amide bonds. The molecule has 1 aliphatic heterocycles. The van der Waals surface area contributed by atoms with Crippen molar-refractivity contribution in [1.29, 1.82) is 0 Å². The van der Waals surface area contributed by atoms with Crippen LogP contribution < -0.4 is 0 Å². The lowest BCUT2D eigenvalue weighted by Crippen LogP contribution is -2.17. The van der Waals surface area contributed by atoms with Gasteiger partial charge in [-0.3, -0.25) is 4.79 Å². The van der Waals surface area contributed by atoms with Crippen molar-refractivity contribution >= 4 is 5.97 Å².